The minimum atomic E-state index is -1.06. The molecule has 1 heterocycles. The molecule has 1 aromatic rings. The number of aromatic carboxylic acids is 1. The predicted molar refractivity (Wildman–Crippen MR) is 88.2 cm³/mol. The number of hydrogen-bond donors (Lipinski definition) is 2. The molecule has 2 unspecified atom stereocenters. The number of amides is 2. The zero-order chi connectivity index (χ0) is 15.6. The number of nitrogens with zero attached hydrogens (tertiary/aromatic N) is 1. The largest absolute Gasteiger partial charge is 0.478 e. The van der Waals surface area contributed by atoms with Crippen molar-refractivity contribution >= 4 is 45.4 Å². The van der Waals surface area contributed by atoms with E-state index >= 15 is 0 Å². The van der Waals surface area contributed by atoms with Crippen LogP contribution >= 0.6 is 27.7 Å². The number of rotatable bonds is 2. The average Bonchev–Trinajstić information content (AvgIpc) is 2.41. The number of anilines is 1. The summed E-state index contributed by atoms with van der Waals surface area (Å²) >= 11 is 5.13. The van der Waals surface area contributed by atoms with Gasteiger partial charge in [0.2, 0.25) is 0 Å². The molecule has 2 atom stereocenters. The van der Waals surface area contributed by atoms with E-state index in [0.717, 1.165) is 10.2 Å². The minimum absolute atomic E-state index is 0.0821. The maximum Gasteiger partial charge on any atom is 0.337 e. The molecule has 2 amide bonds. The fourth-order valence-electron chi connectivity index (χ4n) is 2.21. The van der Waals surface area contributed by atoms with Gasteiger partial charge < -0.3 is 15.3 Å². The lowest BCUT2D eigenvalue weighted by molar-refractivity contribution is 0.0698. The van der Waals surface area contributed by atoms with Crippen LogP contribution in [0.5, 0.6) is 0 Å². The third kappa shape index (κ3) is 3.71. The second-order valence-corrected chi connectivity index (χ2v) is 7.34. The smallest absolute Gasteiger partial charge is 0.337 e. The Labute approximate surface area is 136 Å². The van der Waals surface area contributed by atoms with Gasteiger partial charge in [0.05, 0.1) is 11.3 Å². The molecule has 7 heteroatoms. The van der Waals surface area contributed by atoms with Gasteiger partial charge in [-0.3, -0.25) is 0 Å². The normalized spacial score (nSPS) is 22.0. The first kappa shape index (κ1) is 16.2. The van der Waals surface area contributed by atoms with Gasteiger partial charge in [0.25, 0.3) is 0 Å². The van der Waals surface area contributed by atoms with Crippen LogP contribution in [0.15, 0.2) is 22.7 Å². The number of carboxylic acid groups (broad SMARTS) is 1. The van der Waals surface area contributed by atoms with E-state index in [0.29, 0.717) is 17.5 Å². The van der Waals surface area contributed by atoms with Crippen molar-refractivity contribution in [3.05, 3.63) is 28.2 Å². The molecule has 2 N–H and O–H groups in total. The van der Waals surface area contributed by atoms with Crippen molar-refractivity contribution in [1.29, 1.82) is 0 Å². The van der Waals surface area contributed by atoms with E-state index in [9.17, 15) is 14.7 Å². The summed E-state index contributed by atoms with van der Waals surface area (Å²) in [5.74, 6) is -0.170. The number of hydrogen-bond acceptors (Lipinski definition) is 3. The summed E-state index contributed by atoms with van der Waals surface area (Å²) in [6, 6.07) is 4.58. The van der Waals surface area contributed by atoms with Gasteiger partial charge in [0.15, 0.2) is 0 Å². The highest BCUT2D eigenvalue weighted by Gasteiger charge is 2.29. The SMILES string of the molecule is CC1SCCN(C(=O)Nc2cc(Br)ccc2C(=O)O)C1C. The molecule has 0 aromatic heterocycles. The van der Waals surface area contributed by atoms with Crippen LogP contribution in [0, 0.1) is 0 Å². The highest BCUT2D eigenvalue weighted by Crippen LogP contribution is 2.26. The lowest BCUT2D eigenvalue weighted by Gasteiger charge is -2.37. The minimum Gasteiger partial charge on any atom is -0.478 e. The summed E-state index contributed by atoms with van der Waals surface area (Å²) in [6.07, 6.45) is 0. The number of benzene rings is 1. The molecule has 1 fully saturated rings. The average molecular weight is 373 g/mol. The number of halogens is 1. The number of carbonyl (C=O) groups excluding carboxylic acids is 1. The molecule has 0 radical (unpaired) electrons. The van der Waals surface area contributed by atoms with E-state index in [1.54, 1.807) is 17.0 Å². The molecule has 0 aliphatic carbocycles. The van der Waals surface area contributed by atoms with E-state index < -0.39 is 5.97 Å². The summed E-state index contributed by atoms with van der Waals surface area (Å²) < 4.78 is 0.721. The van der Waals surface area contributed by atoms with Crippen molar-refractivity contribution in [1.82, 2.24) is 4.90 Å². The van der Waals surface area contributed by atoms with Gasteiger partial charge in [-0.2, -0.15) is 11.8 Å². The number of carbonyl (C=O) groups is 2. The Morgan fingerprint density at radius 1 is 1.43 bits per heavy atom. The molecule has 0 spiro atoms. The predicted octanol–water partition coefficient (Wildman–Crippen LogP) is 3.51. The van der Waals surface area contributed by atoms with Crippen molar-refractivity contribution in [3.63, 3.8) is 0 Å². The first-order chi connectivity index (χ1) is 9.90. The van der Waals surface area contributed by atoms with Crippen molar-refractivity contribution in [2.45, 2.75) is 25.1 Å². The maximum absolute atomic E-state index is 12.4. The van der Waals surface area contributed by atoms with Crippen molar-refractivity contribution < 1.29 is 14.7 Å². The van der Waals surface area contributed by atoms with Crippen molar-refractivity contribution in [2.24, 2.45) is 0 Å². The molecular formula is C14H17BrN2O3S. The topological polar surface area (TPSA) is 69.6 Å². The molecule has 0 bridgehead atoms. The van der Waals surface area contributed by atoms with Gasteiger partial charge in [-0.15, -0.1) is 0 Å². The Morgan fingerprint density at radius 3 is 2.81 bits per heavy atom. The molecule has 1 aliphatic rings. The summed E-state index contributed by atoms with van der Waals surface area (Å²) in [7, 11) is 0. The zero-order valence-corrected chi connectivity index (χ0v) is 14.2. The Kier molecular flexibility index (Phi) is 5.16. The standard InChI is InChI=1S/C14H17BrN2O3S/c1-8-9(2)21-6-5-17(8)14(20)16-12-7-10(15)3-4-11(12)13(18)19/h3-4,7-9H,5-6H2,1-2H3,(H,16,20)(H,18,19). The van der Waals surface area contributed by atoms with Crippen LogP contribution in [0.2, 0.25) is 0 Å². The fraction of sp³-hybridized carbons (Fsp3) is 0.429. The summed E-state index contributed by atoms with van der Waals surface area (Å²) in [5.41, 5.74) is 0.388. The molecule has 21 heavy (non-hydrogen) atoms. The van der Waals surface area contributed by atoms with Gasteiger partial charge in [0.1, 0.15) is 0 Å². The number of nitrogens with one attached hydrogen (secondary N) is 1. The molecule has 0 saturated carbocycles. The number of thioether (sulfide) groups is 1. The van der Waals surface area contributed by atoms with E-state index in [-0.39, 0.29) is 17.6 Å². The Morgan fingerprint density at radius 2 is 2.14 bits per heavy atom. The van der Waals surface area contributed by atoms with Crippen LogP contribution in [0.25, 0.3) is 0 Å². The Bertz CT molecular complexity index is 567. The molecule has 1 aromatic carbocycles. The van der Waals surface area contributed by atoms with E-state index in [1.165, 1.54) is 6.07 Å². The summed E-state index contributed by atoms with van der Waals surface area (Å²) in [6.45, 7) is 4.77. The molecule has 1 aliphatic heterocycles. The number of carboxylic acids is 1. The maximum atomic E-state index is 12.4. The van der Waals surface area contributed by atoms with Gasteiger partial charge in [-0.1, -0.05) is 22.9 Å². The van der Waals surface area contributed by atoms with Crippen LogP contribution in [-0.2, 0) is 0 Å². The molecular weight excluding hydrogens is 356 g/mol. The summed E-state index contributed by atoms with van der Waals surface area (Å²) in [4.78, 5) is 25.4. The molecule has 1 saturated heterocycles. The van der Waals surface area contributed by atoms with E-state index in [4.69, 9.17) is 0 Å². The lowest BCUT2D eigenvalue weighted by Crippen LogP contribution is -2.49. The van der Waals surface area contributed by atoms with E-state index in [2.05, 4.69) is 28.2 Å². The van der Waals surface area contributed by atoms with Gasteiger partial charge in [-0.05, 0) is 25.1 Å². The summed E-state index contributed by atoms with van der Waals surface area (Å²) in [5, 5.41) is 12.3. The van der Waals surface area contributed by atoms with Crippen LogP contribution in [0.1, 0.15) is 24.2 Å². The van der Waals surface area contributed by atoms with Gasteiger partial charge in [0, 0.05) is 28.1 Å². The first-order valence-corrected chi connectivity index (χ1v) is 8.46. The van der Waals surface area contributed by atoms with Crippen LogP contribution in [0.4, 0.5) is 10.5 Å². The molecule has 5 nitrogen and oxygen atoms in total. The first-order valence-electron chi connectivity index (χ1n) is 6.62. The third-order valence-corrected chi connectivity index (χ3v) is 5.43. The highest BCUT2D eigenvalue weighted by molar-refractivity contribution is 9.10. The highest BCUT2D eigenvalue weighted by atomic mass is 79.9. The lowest BCUT2D eigenvalue weighted by atomic mass is 10.1. The quantitative estimate of drug-likeness (QED) is 0.833. The van der Waals surface area contributed by atoms with Crippen LogP contribution < -0.4 is 5.32 Å². The second-order valence-electron chi connectivity index (χ2n) is 4.94. The monoisotopic (exact) mass is 372 g/mol. The number of urea groups is 1. The van der Waals surface area contributed by atoms with Crippen LogP contribution in [0.3, 0.4) is 0 Å². The molecule has 2 rings (SSSR count). The van der Waals surface area contributed by atoms with Crippen molar-refractivity contribution in [3.8, 4) is 0 Å². The second kappa shape index (κ2) is 6.70. The van der Waals surface area contributed by atoms with Crippen molar-refractivity contribution in [2.75, 3.05) is 17.6 Å². The van der Waals surface area contributed by atoms with Gasteiger partial charge in [-0.25, -0.2) is 9.59 Å². The third-order valence-electron chi connectivity index (χ3n) is 3.60. The molecule has 114 valence electrons. The van der Waals surface area contributed by atoms with Gasteiger partial charge >= 0.3 is 12.0 Å². The van der Waals surface area contributed by atoms with E-state index in [1.807, 2.05) is 18.7 Å². The fourth-order valence-corrected chi connectivity index (χ4v) is 3.67. The Balaban J connectivity index is 2.19. The van der Waals surface area contributed by atoms with Crippen LogP contribution in [-0.4, -0.2) is 45.6 Å². The Hall–Kier alpha value is -1.21. The zero-order valence-electron chi connectivity index (χ0n) is 11.8.